The Bertz CT molecular complexity index is 218. The number of hydrogen-bond acceptors (Lipinski definition) is 2. The predicted molar refractivity (Wildman–Crippen MR) is 56.9 cm³/mol. The minimum atomic E-state index is 0.657. The Balaban J connectivity index is 2.37. The van der Waals surface area contributed by atoms with Gasteiger partial charge in [0, 0.05) is 26.0 Å². The second kappa shape index (κ2) is 4.92. The van der Waals surface area contributed by atoms with E-state index in [4.69, 9.17) is 5.73 Å². The van der Waals surface area contributed by atoms with Gasteiger partial charge in [-0.3, -0.25) is 0 Å². The van der Waals surface area contributed by atoms with E-state index < -0.39 is 0 Å². The lowest BCUT2D eigenvalue weighted by Gasteiger charge is -2.21. The fraction of sp³-hybridized carbons (Fsp3) is 0.600. The summed E-state index contributed by atoms with van der Waals surface area (Å²) in [5, 5.41) is 0. The standard InChI is InChI=1S/C10H19N3/c1-9(3-5-11)8-13(2)10-4-6-12-7-10/h4,6-7,9,12H,3,5,8,11H2,1-2H3. The summed E-state index contributed by atoms with van der Waals surface area (Å²) >= 11 is 0. The number of hydrogen-bond donors (Lipinski definition) is 2. The van der Waals surface area contributed by atoms with Crippen LogP contribution in [0.1, 0.15) is 13.3 Å². The molecule has 1 heterocycles. The van der Waals surface area contributed by atoms with Gasteiger partial charge >= 0.3 is 0 Å². The molecule has 0 aliphatic carbocycles. The molecular formula is C10H19N3. The van der Waals surface area contributed by atoms with Crippen molar-refractivity contribution in [2.45, 2.75) is 13.3 Å². The van der Waals surface area contributed by atoms with Crippen molar-refractivity contribution >= 4 is 5.69 Å². The number of anilines is 1. The molecule has 0 amide bonds. The van der Waals surface area contributed by atoms with Crippen molar-refractivity contribution in [3.05, 3.63) is 18.5 Å². The molecule has 1 unspecified atom stereocenters. The molecule has 3 heteroatoms. The van der Waals surface area contributed by atoms with Gasteiger partial charge in [0.05, 0.1) is 5.69 Å². The molecule has 0 bridgehead atoms. The molecule has 1 aromatic heterocycles. The summed E-state index contributed by atoms with van der Waals surface area (Å²) in [5.41, 5.74) is 6.74. The van der Waals surface area contributed by atoms with Crippen molar-refractivity contribution in [3.63, 3.8) is 0 Å². The van der Waals surface area contributed by atoms with Crippen LogP contribution in [0.15, 0.2) is 18.5 Å². The lowest BCUT2D eigenvalue weighted by atomic mass is 10.1. The molecule has 1 aromatic rings. The van der Waals surface area contributed by atoms with Crippen LogP contribution in [0.4, 0.5) is 5.69 Å². The van der Waals surface area contributed by atoms with Crippen LogP contribution in [0.2, 0.25) is 0 Å². The molecule has 0 fully saturated rings. The quantitative estimate of drug-likeness (QED) is 0.722. The van der Waals surface area contributed by atoms with Gasteiger partial charge in [0.2, 0.25) is 0 Å². The van der Waals surface area contributed by atoms with Gasteiger partial charge in [-0.25, -0.2) is 0 Å². The molecule has 3 nitrogen and oxygen atoms in total. The Labute approximate surface area is 79.9 Å². The second-order valence-electron chi connectivity index (χ2n) is 3.63. The van der Waals surface area contributed by atoms with E-state index in [-0.39, 0.29) is 0 Å². The Morgan fingerprint density at radius 1 is 1.62 bits per heavy atom. The number of nitrogens with zero attached hydrogens (tertiary/aromatic N) is 1. The molecule has 0 saturated carbocycles. The van der Waals surface area contributed by atoms with Gasteiger partial charge in [0.1, 0.15) is 0 Å². The van der Waals surface area contributed by atoms with Gasteiger partial charge < -0.3 is 15.6 Å². The first-order valence-corrected chi connectivity index (χ1v) is 4.78. The zero-order chi connectivity index (χ0) is 9.68. The number of aromatic amines is 1. The maximum absolute atomic E-state index is 5.50. The fourth-order valence-corrected chi connectivity index (χ4v) is 1.50. The average Bonchev–Trinajstić information content (AvgIpc) is 2.55. The zero-order valence-corrected chi connectivity index (χ0v) is 8.46. The van der Waals surface area contributed by atoms with E-state index in [1.165, 1.54) is 5.69 Å². The topological polar surface area (TPSA) is 45.0 Å². The first-order valence-electron chi connectivity index (χ1n) is 4.78. The number of nitrogens with one attached hydrogen (secondary N) is 1. The number of H-pyrrole nitrogens is 1. The summed E-state index contributed by atoms with van der Waals surface area (Å²) in [7, 11) is 2.11. The molecule has 0 aliphatic heterocycles. The highest BCUT2D eigenvalue weighted by molar-refractivity contribution is 5.42. The normalized spacial score (nSPS) is 12.8. The Morgan fingerprint density at radius 2 is 2.38 bits per heavy atom. The molecule has 0 spiro atoms. The van der Waals surface area contributed by atoms with Crippen LogP contribution in [0, 0.1) is 5.92 Å². The van der Waals surface area contributed by atoms with Gasteiger partial charge in [-0.05, 0) is 24.9 Å². The average molecular weight is 181 g/mol. The first kappa shape index (κ1) is 10.1. The van der Waals surface area contributed by atoms with Crippen molar-refractivity contribution in [2.75, 3.05) is 25.0 Å². The van der Waals surface area contributed by atoms with Gasteiger partial charge in [-0.15, -0.1) is 0 Å². The summed E-state index contributed by atoms with van der Waals surface area (Å²) < 4.78 is 0. The molecule has 3 N–H and O–H groups in total. The molecule has 74 valence electrons. The van der Waals surface area contributed by atoms with E-state index in [2.05, 4.69) is 29.9 Å². The molecule has 1 atom stereocenters. The summed E-state index contributed by atoms with van der Waals surface area (Å²) in [4.78, 5) is 5.30. The summed E-state index contributed by atoms with van der Waals surface area (Å²) in [6, 6.07) is 2.08. The summed E-state index contributed by atoms with van der Waals surface area (Å²) in [6.07, 6.45) is 5.05. The number of rotatable bonds is 5. The van der Waals surface area contributed by atoms with Crippen LogP contribution in [0.3, 0.4) is 0 Å². The first-order chi connectivity index (χ1) is 6.24. The third-order valence-corrected chi connectivity index (χ3v) is 2.27. The molecule has 0 aliphatic rings. The third kappa shape index (κ3) is 3.11. The van der Waals surface area contributed by atoms with Gasteiger partial charge in [0.15, 0.2) is 0 Å². The highest BCUT2D eigenvalue weighted by Gasteiger charge is 2.06. The van der Waals surface area contributed by atoms with E-state index in [1.807, 2.05) is 12.4 Å². The highest BCUT2D eigenvalue weighted by Crippen LogP contribution is 2.13. The van der Waals surface area contributed by atoms with Gasteiger partial charge in [-0.2, -0.15) is 0 Å². The number of nitrogens with two attached hydrogens (primary N) is 1. The highest BCUT2D eigenvalue weighted by atomic mass is 15.1. The van der Waals surface area contributed by atoms with Crippen LogP contribution < -0.4 is 10.6 Å². The minimum absolute atomic E-state index is 0.657. The summed E-state index contributed by atoms with van der Waals surface area (Å²) in [5.74, 6) is 0.657. The van der Waals surface area contributed by atoms with Crippen molar-refractivity contribution in [2.24, 2.45) is 11.7 Å². The Morgan fingerprint density at radius 3 is 2.92 bits per heavy atom. The van der Waals surface area contributed by atoms with Gasteiger partial charge in [0.25, 0.3) is 0 Å². The Hall–Kier alpha value is -0.960. The fourth-order valence-electron chi connectivity index (χ4n) is 1.50. The Kier molecular flexibility index (Phi) is 3.83. The molecule has 1 rings (SSSR count). The molecule has 0 aromatic carbocycles. The largest absolute Gasteiger partial charge is 0.373 e. The second-order valence-corrected chi connectivity index (χ2v) is 3.63. The van der Waals surface area contributed by atoms with Crippen LogP contribution >= 0.6 is 0 Å². The van der Waals surface area contributed by atoms with Crippen LogP contribution in [-0.2, 0) is 0 Å². The van der Waals surface area contributed by atoms with E-state index in [9.17, 15) is 0 Å². The maximum atomic E-state index is 5.50. The van der Waals surface area contributed by atoms with E-state index in [0.29, 0.717) is 5.92 Å². The molecular weight excluding hydrogens is 162 g/mol. The van der Waals surface area contributed by atoms with Crippen molar-refractivity contribution in [3.8, 4) is 0 Å². The van der Waals surface area contributed by atoms with E-state index in [0.717, 1.165) is 19.5 Å². The maximum Gasteiger partial charge on any atom is 0.0541 e. The van der Waals surface area contributed by atoms with Crippen molar-refractivity contribution in [1.82, 2.24) is 4.98 Å². The van der Waals surface area contributed by atoms with Crippen LogP contribution in [0.25, 0.3) is 0 Å². The zero-order valence-electron chi connectivity index (χ0n) is 8.46. The number of aromatic nitrogens is 1. The van der Waals surface area contributed by atoms with Crippen LogP contribution in [-0.4, -0.2) is 25.1 Å². The smallest absolute Gasteiger partial charge is 0.0541 e. The van der Waals surface area contributed by atoms with E-state index >= 15 is 0 Å². The van der Waals surface area contributed by atoms with Gasteiger partial charge in [-0.1, -0.05) is 6.92 Å². The lowest BCUT2D eigenvalue weighted by Crippen LogP contribution is -2.24. The summed E-state index contributed by atoms with van der Waals surface area (Å²) in [6.45, 7) is 4.08. The van der Waals surface area contributed by atoms with Crippen molar-refractivity contribution < 1.29 is 0 Å². The molecule has 0 saturated heterocycles. The minimum Gasteiger partial charge on any atom is -0.373 e. The van der Waals surface area contributed by atoms with E-state index in [1.54, 1.807) is 0 Å². The molecule has 13 heavy (non-hydrogen) atoms. The SMILES string of the molecule is CC(CCN)CN(C)c1cc[nH]c1. The van der Waals surface area contributed by atoms with Crippen LogP contribution in [0.5, 0.6) is 0 Å². The van der Waals surface area contributed by atoms with Crippen molar-refractivity contribution in [1.29, 1.82) is 0 Å². The third-order valence-electron chi connectivity index (χ3n) is 2.27. The predicted octanol–water partition coefficient (Wildman–Crippen LogP) is 1.44. The lowest BCUT2D eigenvalue weighted by molar-refractivity contribution is 0.539. The monoisotopic (exact) mass is 181 g/mol. The molecule has 0 radical (unpaired) electrons.